The van der Waals surface area contributed by atoms with Crippen molar-refractivity contribution in [3.63, 3.8) is 0 Å². The molecule has 0 unspecified atom stereocenters. The van der Waals surface area contributed by atoms with Crippen LogP contribution in [0.15, 0.2) is 17.0 Å². The van der Waals surface area contributed by atoms with Gasteiger partial charge in [-0.15, -0.1) is 0 Å². The Bertz CT molecular complexity index is 331. The van der Waals surface area contributed by atoms with Gasteiger partial charge < -0.3 is 10.6 Å². The Kier molecular flexibility index (Phi) is 3.82. The van der Waals surface area contributed by atoms with Gasteiger partial charge in [-0.05, 0) is 22.9 Å². The van der Waals surface area contributed by atoms with Crippen LogP contribution in [0.2, 0.25) is 0 Å². The van der Waals surface area contributed by atoms with Crippen molar-refractivity contribution >= 4 is 27.7 Å². The molecule has 0 aliphatic heterocycles. The van der Waals surface area contributed by atoms with E-state index in [-0.39, 0.29) is 11.9 Å². The maximum atomic E-state index is 11.2. The van der Waals surface area contributed by atoms with Crippen molar-refractivity contribution in [2.75, 3.05) is 12.4 Å². The fourth-order valence-corrected chi connectivity index (χ4v) is 1.24. The molecule has 0 saturated carbocycles. The lowest BCUT2D eigenvalue weighted by Gasteiger charge is -2.13. The zero-order valence-corrected chi connectivity index (χ0v) is 9.50. The Labute approximate surface area is 90.5 Å². The Morgan fingerprint density at radius 1 is 1.64 bits per heavy atom. The van der Waals surface area contributed by atoms with Gasteiger partial charge in [0.2, 0.25) is 5.91 Å². The number of carbonyl (C=O) groups is 1. The van der Waals surface area contributed by atoms with E-state index >= 15 is 0 Å². The Balaban J connectivity index is 2.69. The summed E-state index contributed by atoms with van der Waals surface area (Å²) < 4.78 is 0.732. The lowest BCUT2D eigenvalue weighted by atomic mass is 10.3. The lowest BCUT2D eigenvalue weighted by molar-refractivity contribution is -0.121. The monoisotopic (exact) mass is 258 g/mol. The summed E-state index contributed by atoms with van der Waals surface area (Å²) in [4.78, 5) is 19.0. The zero-order chi connectivity index (χ0) is 10.6. The molecule has 1 heterocycles. The van der Waals surface area contributed by atoms with E-state index in [0.717, 1.165) is 4.47 Å². The van der Waals surface area contributed by atoms with Crippen LogP contribution in [0.4, 0.5) is 5.82 Å². The number of likely N-dealkylation sites (N-methyl/N-ethyl adjacent to an activating group) is 1. The van der Waals surface area contributed by atoms with Crippen LogP contribution in [0.25, 0.3) is 0 Å². The van der Waals surface area contributed by atoms with Crippen molar-refractivity contribution in [2.45, 2.75) is 13.0 Å². The molecular formula is C8H11BrN4O. The molecule has 0 spiro atoms. The summed E-state index contributed by atoms with van der Waals surface area (Å²) in [7, 11) is 1.59. The molecule has 2 N–H and O–H groups in total. The second-order valence-corrected chi connectivity index (χ2v) is 3.55. The third-order valence-corrected chi connectivity index (χ3v) is 2.24. The minimum absolute atomic E-state index is 0.0875. The highest BCUT2D eigenvalue weighted by Crippen LogP contribution is 2.17. The first-order valence-corrected chi connectivity index (χ1v) is 4.88. The molecule has 0 radical (unpaired) electrons. The van der Waals surface area contributed by atoms with E-state index < -0.39 is 0 Å². The van der Waals surface area contributed by atoms with Gasteiger partial charge in [0.1, 0.15) is 18.2 Å². The summed E-state index contributed by atoms with van der Waals surface area (Å²) in [5, 5.41) is 5.50. The number of nitrogens with one attached hydrogen (secondary N) is 2. The fourth-order valence-electron chi connectivity index (χ4n) is 0.906. The van der Waals surface area contributed by atoms with Gasteiger partial charge in [-0.3, -0.25) is 4.79 Å². The molecule has 0 aliphatic carbocycles. The summed E-state index contributed by atoms with van der Waals surface area (Å²) in [6.45, 7) is 1.76. The summed E-state index contributed by atoms with van der Waals surface area (Å²) in [6, 6.07) is -0.328. The average molecular weight is 259 g/mol. The van der Waals surface area contributed by atoms with Crippen molar-refractivity contribution in [1.29, 1.82) is 0 Å². The number of hydrogen-bond donors (Lipinski definition) is 2. The van der Waals surface area contributed by atoms with Gasteiger partial charge in [0.05, 0.1) is 4.47 Å². The molecule has 0 aromatic carbocycles. The first-order chi connectivity index (χ1) is 6.65. The molecule has 6 heteroatoms. The van der Waals surface area contributed by atoms with Crippen molar-refractivity contribution in [3.05, 3.63) is 17.0 Å². The number of amides is 1. The van der Waals surface area contributed by atoms with Crippen LogP contribution in [-0.2, 0) is 4.79 Å². The molecule has 1 aromatic rings. The van der Waals surface area contributed by atoms with Gasteiger partial charge in [-0.2, -0.15) is 0 Å². The second kappa shape index (κ2) is 4.90. The van der Waals surface area contributed by atoms with E-state index in [2.05, 4.69) is 36.5 Å². The topological polar surface area (TPSA) is 66.9 Å². The smallest absolute Gasteiger partial charge is 0.241 e. The maximum Gasteiger partial charge on any atom is 0.241 e. The first-order valence-electron chi connectivity index (χ1n) is 4.08. The SMILES string of the molecule is CNC(=O)[C@H](C)Nc1ncncc1Br. The summed E-state index contributed by atoms with van der Waals surface area (Å²) in [6.07, 6.45) is 3.04. The molecular weight excluding hydrogens is 248 g/mol. The summed E-state index contributed by atoms with van der Waals surface area (Å²) >= 11 is 3.28. The number of halogens is 1. The molecule has 0 fully saturated rings. The Morgan fingerprint density at radius 3 is 2.93 bits per heavy atom. The van der Waals surface area contributed by atoms with Crippen molar-refractivity contribution in [3.8, 4) is 0 Å². The van der Waals surface area contributed by atoms with Gasteiger partial charge >= 0.3 is 0 Å². The second-order valence-electron chi connectivity index (χ2n) is 2.70. The quantitative estimate of drug-likeness (QED) is 0.842. The number of aromatic nitrogens is 2. The third-order valence-electron chi connectivity index (χ3n) is 1.66. The van der Waals surface area contributed by atoms with Crippen LogP contribution in [0, 0.1) is 0 Å². The van der Waals surface area contributed by atoms with E-state index in [1.54, 1.807) is 20.2 Å². The van der Waals surface area contributed by atoms with Crippen molar-refractivity contribution in [1.82, 2.24) is 15.3 Å². The lowest BCUT2D eigenvalue weighted by Crippen LogP contribution is -2.35. The highest BCUT2D eigenvalue weighted by molar-refractivity contribution is 9.10. The van der Waals surface area contributed by atoms with Crippen LogP contribution >= 0.6 is 15.9 Å². The van der Waals surface area contributed by atoms with Crippen LogP contribution < -0.4 is 10.6 Å². The van der Waals surface area contributed by atoms with E-state index in [1.165, 1.54) is 6.33 Å². The average Bonchev–Trinajstić information content (AvgIpc) is 2.20. The molecule has 1 amide bonds. The largest absolute Gasteiger partial charge is 0.358 e. The molecule has 0 saturated heterocycles. The number of rotatable bonds is 3. The summed E-state index contributed by atoms with van der Waals surface area (Å²) in [5.74, 6) is 0.520. The molecule has 1 atom stereocenters. The van der Waals surface area contributed by atoms with Gasteiger partial charge in [0.25, 0.3) is 0 Å². The van der Waals surface area contributed by atoms with E-state index in [9.17, 15) is 4.79 Å². The molecule has 0 aliphatic rings. The predicted octanol–water partition coefficient (Wildman–Crippen LogP) is 0.785. The van der Waals surface area contributed by atoms with Gasteiger partial charge in [-0.25, -0.2) is 9.97 Å². The van der Waals surface area contributed by atoms with Gasteiger partial charge in [0, 0.05) is 13.2 Å². The zero-order valence-electron chi connectivity index (χ0n) is 7.91. The van der Waals surface area contributed by atoms with E-state index in [4.69, 9.17) is 0 Å². The van der Waals surface area contributed by atoms with Crippen LogP contribution in [0.5, 0.6) is 0 Å². The predicted molar refractivity (Wildman–Crippen MR) is 56.9 cm³/mol. The van der Waals surface area contributed by atoms with Crippen molar-refractivity contribution in [2.24, 2.45) is 0 Å². The molecule has 0 bridgehead atoms. The van der Waals surface area contributed by atoms with Gasteiger partial charge in [-0.1, -0.05) is 0 Å². The summed E-state index contributed by atoms with van der Waals surface area (Å²) in [5.41, 5.74) is 0. The maximum absolute atomic E-state index is 11.2. The first kappa shape index (κ1) is 10.9. The highest BCUT2D eigenvalue weighted by Gasteiger charge is 2.12. The molecule has 76 valence electrons. The third kappa shape index (κ3) is 2.66. The number of anilines is 1. The molecule has 5 nitrogen and oxygen atoms in total. The Hall–Kier alpha value is -1.17. The Morgan fingerprint density at radius 2 is 2.36 bits per heavy atom. The van der Waals surface area contributed by atoms with Crippen molar-refractivity contribution < 1.29 is 4.79 Å². The van der Waals surface area contributed by atoms with Crippen LogP contribution in [-0.4, -0.2) is 29.0 Å². The number of carbonyl (C=O) groups excluding carboxylic acids is 1. The van der Waals surface area contributed by atoms with E-state index in [1.807, 2.05) is 0 Å². The standard InChI is InChI=1S/C8H11BrN4O/c1-5(8(14)10-2)13-7-6(9)3-11-4-12-7/h3-5H,1-2H3,(H,10,14)(H,11,12,13)/t5-/m0/s1. The minimum Gasteiger partial charge on any atom is -0.358 e. The molecule has 1 rings (SSSR count). The number of hydrogen-bond acceptors (Lipinski definition) is 4. The highest BCUT2D eigenvalue weighted by atomic mass is 79.9. The normalized spacial score (nSPS) is 11.9. The molecule has 1 aromatic heterocycles. The van der Waals surface area contributed by atoms with Crippen LogP contribution in [0.3, 0.4) is 0 Å². The molecule has 14 heavy (non-hydrogen) atoms. The van der Waals surface area contributed by atoms with Gasteiger partial charge in [0.15, 0.2) is 0 Å². The minimum atomic E-state index is -0.328. The number of nitrogens with zero attached hydrogens (tertiary/aromatic N) is 2. The van der Waals surface area contributed by atoms with Crippen LogP contribution in [0.1, 0.15) is 6.92 Å². The fraction of sp³-hybridized carbons (Fsp3) is 0.375. The van der Waals surface area contributed by atoms with E-state index in [0.29, 0.717) is 5.82 Å².